The first kappa shape index (κ1) is 24.6. The summed E-state index contributed by atoms with van der Waals surface area (Å²) in [6.07, 6.45) is 1.57. The van der Waals surface area contributed by atoms with Crippen molar-refractivity contribution < 1.29 is 37.8 Å². The summed E-state index contributed by atoms with van der Waals surface area (Å²) in [5.74, 6) is -3.76. The Hall–Kier alpha value is -2.62. The molecule has 7 nitrogen and oxygen atoms in total. The van der Waals surface area contributed by atoms with Gasteiger partial charge in [0.05, 0.1) is 5.92 Å². The Morgan fingerprint density at radius 3 is 2.10 bits per heavy atom. The van der Waals surface area contributed by atoms with E-state index in [9.17, 15) is 27.9 Å². The number of nitrogens with one attached hydrogen (secondary N) is 1. The molecule has 1 heterocycles. The Balaban J connectivity index is 0.000000423. The molecule has 1 saturated carbocycles. The van der Waals surface area contributed by atoms with E-state index in [0.717, 1.165) is 25.1 Å². The molecule has 0 aromatic heterocycles. The minimum atomic E-state index is -5.08. The molecule has 0 bridgehead atoms. The smallest absolute Gasteiger partial charge is 0.481 e. The molecule has 1 aromatic carbocycles. The SMILES string of the molecule is CC(=O)Nc1ccc(CN2CC(C(=O)O)CCC23CCCC3)cc1.O=C(O)C(F)(F)F. The molecule has 31 heavy (non-hydrogen) atoms. The third-order valence-electron chi connectivity index (χ3n) is 5.84. The van der Waals surface area contributed by atoms with E-state index < -0.39 is 18.1 Å². The number of piperidine rings is 1. The molecule has 172 valence electrons. The third-order valence-corrected chi connectivity index (χ3v) is 5.84. The number of halogens is 3. The topological polar surface area (TPSA) is 107 Å². The highest BCUT2D eigenvalue weighted by Crippen LogP contribution is 2.44. The van der Waals surface area contributed by atoms with E-state index in [2.05, 4.69) is 10.2 Å². The van der Waals surface area contributed by atoms with Gasteiger partial charge in [0.25, 0.3) is 0 Å². The van der Waals surface area contributed by atoms with Crippen LogP contribution in [0.3, 0.4) is 0 Å². The Labute approximate surface area is 178 Å². The highest BCUT2D eigenvalue weighted by molar-refractivity contribution is 5.88. The number of anilines is 1. The van der Waals surface area contributed by atoms with Crippen molar-refractivity contribution in [2.45, 2.75) is 63.7 Å². The van der Waals surface area contributed by atoms with Gasteiger partial charge >= 0.3 is 18.1 Å². The quantitative estimate of drug-likeness (QED) is 0.651. The van der Waals surface area contributed by atoms with Crippen molar-refractivity contribution in [2.24, 2.45) is 5.92 Å². The standard InChI is InChI=1S/C19H26N2O3.C2HF3O2/c1-14(22)20-17-6-4-15(5-7-17)12-21-13-16(18(23)24)8-11-19(21)9-2-3-10-19;3-2(4,5)1(6)7/h4-7,16H,2-3,8-13H2,1H3,(H,20,22)(H,23,24);(H,6,7). The molecule has 0 radical (unpaired) electrons. The van der Waals surface area contributed by atoms with Crippen LogP contribution in [0.1, 0.15) is 51.0 Å². The monoisotopic (exact) mass is 444 g/mol. The molecule has 2 fully saturated rings. The van der Waals surface area contributed by atoms with Crippen molar-refractivity contribution in [2.75, 3.05) is 11.9 Å². The first-order valence-corrected chi connectivity index (χ1v) is 10.1. The lowest BCUT2D eigenvalue weighted by atomic mass is 9.80. The summed E-state index contributed by atoms with van der Waals surface area (Å²) in [7, 11) is 0. The van der Waals surface area contributed by atoms with Gasteiger partial charge in [-0.25, -0.2) is 4.79 Å². The minimum absolute atomic E-state index is 0.0759. The Bertz CT molecular complexity index is 789. The van der Waals surface area contributed by atoms with Crippen LogP contribution >= 0.6 is 0 Å². The zero-order valence-electron chi connectivity index (χ0n) is 17.2. The average molecular weight is 444 g/mol. The number of likely N-dealkylation sites (tertiary alicyclic amines) is 1. The van der Waals surface area contributed by atoms with Crippen LogP contribution in [-0.2, 0) is 20.9 Å². The number of hydrogen-bond acceptors (Lipinski definition) is 4. The Kier molecular flexibility index (Phi) is 8.05. The van der Waals surface area contributed by atoms with Gasteiger partial charge in [-0.05, 0) is 43.4 Å². The fraction of sp³-hybridized carbons (Fsp3) is 0.571. The van der Waals surface area contributed by atoms with Gasteiger partial charge in [0.15, 0.2) is 0 Å². The van der Waals surface area contributed by atoms with Gasteiger partial charge in [0.2, 0.25) is 5.91 Å². The number of nitrogens with zero attached hydrogens (tertiary/aromatic N) is 1. The molecule has 1 aromatic rings. The van der Waals surface area contributed by atoms with Gasteiger partial charge < -0.3 is 15.5 Å². The van der Waals surface area contributed by atoms with E-state index in [-0.39, 0.29) is 17.4 Å². The zero-order chi connectivity index (χ0) is 23.2. The first-order valence-electron chi connectivity index (χ1n) is 10.1. The lowest BCUT2D eigenvalue weighted by molar-refractivity contribution is -0.192. The van der Waals surface area contributed by atoms with Gasteiger partial charge in [0, 0.05) is 31.2 Å². The van der Waals surface area contributed by atoms with E-state index in [1.54, 1.807) is 0 Å². The van der Waals surface area contributed by atoms with Crippen molar-refractivity contribution in [1.82, 2.24) is 4.90 Å². The summed E-state index contributed by atoms with van der Waals surface area (Å²) >= 11 is 0. The maximum atomic E-state index is 11.4. The number of carbonyl (C=O) groups excluding carboxylic acids is 1. The number of carboxylic acid groups (broad SMARTS) is 2. The second-order valence-corrected chi connectivity index (χ2v) is 8.07. The number of hydrogen-bond donors (Lipinski definition) is 3. The van der Waals surface area contributed by atoms with Crippen molar-refractivity contribution in [1.29, 1.82) is 0 Å². The second kappa shape index (κ2) is 10.1. The van der Waals surface area contributed by atoms with Crippen LogP contribution in [0, 0.1) is 5.92 Å². The number of carbonyl (C=O) groups is 3. The molecule has 1 atom stereocenters. The van der Waals surface area contributed by atoms with Gasteiger partial charge in [-0.15, -0.1) is 0 Å². The highest BCUT2D eigenvalue weighted by Gasteiger charge is 2.44. The summed E-state index contributed by atoms with van der Waals surface area (Å²) < 4.78 is 31.7. The maximum Gasteiger partial charge on any atom is 0.490 e. The predicted octanol–water partition coefficient (Wildman–Crippen LogP) is 3.89. The van der Waals surface area contributed by atoms with Crippen molar-refractivity contribution in [3.05, 3.63) is 29.8 Å². The molecular formula is C21H27F3N2O5. The lowest BCUT2D eigenvalue weighted by Crippen LogP contribution is -2.53. The number of amides is 1. The largest absolute Gasteiger partial charge is 0.490 e. The molecule has 3 rings (SSSR count). The fourth-order valence-corrected chi connectivity index (χ4v) is 4.30. The van der Waals surface area contributed by atoms with Crippen LogP contribution in [0.2, 0.25) is 0 Å². The zero-order valence-corrected chi connectivity index (χ0v) is 17.2. The summed E-state index contributed by atoms with van der Waals surface area (Å²) in [5, 5.41) is 19.3. The summed E-state index contributed by atoms with van der Waals surface area (Å²) in [6.45, 7) is 2.92. The Morgan fingerprint density at radius 2 is 1.65 bits per heavy atom. The molecule has 3 N–H and O–H groups in total. The maximum absolute atomic E-state index is 11.4. The molecule has 1 amide bonds. The van der Waals surface area contributed by atoms with Crippen LogP contribution in [-0.4, -0.2) is 51.2 Å². The first-order chi connectivity index (χ1) is 14.4. The molecule has 1 saturated heterocycles. The van der Waals surface area contributed by atoms with Crippen LogP contribution in [0.15, 0.2) is 24.3 Å². The number of carboxylic acids is 2. The molecule has 1 aliphatic carbocycles. The van der Waals surface area contributed by atoms with Gasteiger partial charge in [-0.1, -0.05) is 25.0 Å². The van der Waals surface area contributed by atoms with Gasteiger partial charge in [-0.2, -0.15) is 13.2 Å². The Morgan fingerprint density at radius 1 is 1.10 bits per heavy atom. The van der Waals surface area contributed by atoms with Crippen LogP contribution in [0.4, 0.5) is 18.9 Å². The normalized spacial score (nSPS) is 20.6. The summed E-state index contributed by atoms with van der Waals surface area (Å²) in [6, 6.07) is 7.88. The summed E-state index contributed by atoms with van der Waals surface area (Å²) in [5.41, 5.74) is 2.16. The molecule has 1 unspecified atom stereocenters. The van der Waals surface area contributed by atoms with Crippen LogP contribution < -0.4 is 5.32 Å². The fourth-order valence-electron chi connectivity index (χ4n) is 4.30. The predicted molar refractivity (Wildman–Crippen MR) is 106 cm³/mol. The van der Waals surface area contributed by atoms with E-state index >= 15 is 0 Å². The van der Waals surface area contributed by atoms with Crippen molar-refractivity contribution in [3.63, 3.8) is 0 Å². The molecular weight excluding hydrogens is 417 g/mol. The number of rotatable bonds is 4. The molecule has 10 heteroatoms. The highest BCUT2D eigenvalue weighted by atomic mass is 19.4. The molecule has 1 spiro atoms. The number of benzene rings is 1. The third kappa shape index (κ3) is 6.95. The lowest BCUT2D eigenvalue weighted by Gasteiger charge is -2.47. The van der Waals surface area contributed by atoms with Crippen LogP contribution in [0.5, 0.6) is 0 Å². The van der Waals surface area contributed by atoms with E-state index in [1.165, 1.54) is 38.2 Å². The number of aliphatic carboxylic acids is 2. The molecule has 2 aliphatic rings. The van der Waals surface area contributed by atoms with Crippen LogP contribution in [0.25, 0.3) is 0 Å². The molecule has 1 aliphatic heterocycles. The van der Waals surface area contributed by atoms with Crippen molar-refractivity contribution >= 4 is 23.5 Å². The second-order valence-electron chi connectivity index (χ2n) is 8.07. The summed E-state index contributed by atoms with van der Waals surface area (Å²) in [4.78, 5) is 33.9. The van der Waals surface area contributed by atoms with E-state index in [0.29, 0.717) is 6.54 Å². The minimum Gasteiger partial charge on any atom is -0.481 e. The van der Waals surface area contributed by atoms with E-state index in [4.69, 9.17) is 9.90 Å². The van der Waals surface area contributed by atoms with Gasteiger partial charge in [0.1, 0.15) is 0 Å². The van der Waals surface area contributed by atoms with E-state index in [1.807, 2.05) is 24.3 Å². The van der Waals surface area contributed by atoms with Crippen molar-refractivity contribution in [3.8, 4) is 0 Å². The van der Waals surface area contributed by atoms with Gasteiger partial charge in [-0.3, -0.25) is 14.5 Å². The number of alkyl halides is 3. The average Bonchev–Trinajstić information content (AvgIpc) is 3.13.